The molecule has 2 rings (SSSR count). The number of amidine groups is 1. The molecule has 0 bridgehead atoms. The molecule has 0 spiro atoms. The first-order chi connectivity index (χ1) is 12.5. The third kappa shape index (κ3) is 11.0. The van der Waals surface area contributed by atoms with Gasteiger partial charge in [0.05, 0.1) is 34.2 Å². The molecule has 0 aliphatic heterocycles. The fraction of sp³-hybridized carbons (Fsp3) is 0.409. The molecule has 6 heteroatoms. The van der Waals surface area contributed by atoms with Crippen LogP contribution in [0.1, 0.15) is 17.5 Å². The van der Waals surface area contributed by atoms with Crippen LogP contribution in [0.4, 0.5) is 0 Å². The van der Waals surface area contributed by atoms with Crippen LogP contribution in [0.15, 0.2) is 60.7 Å². The van der Waals surface area contributed by atoms with E-state index in [1.807, 2.05) is 0 Å². The van der Waals surface area contributed by atoms with Gasteiger partial charge in [-0.05, 0) is 29.1 Å². The van der Waals surface area contributed by atoms with Gasteiger partial charge in [-0.2, -0.15) is 0 Å². The highest BCUT2D eigenvalue weighted by atomic mass is 127. The minimum absolute atomic E-state index is 0. The summed E-state index contributed by atoms with van der Waals surface area (Å²) in [7, 11) is 6.74. The Hall–Kier alpha value is -0.320. The minimum atomic E-state index is 0. The lowest BCUT2D eigenvalue weighted by Gasteiger charge is -2.23. The molecule has 28 heavy (non-hydrogen) atoms. The molecule has 0 atom stereocenters. The summed E-state index contributed by atoms with van der Waals surface area (Å²) < 4.78 is 3.45. The molecule has 0 radical (unpaired) electrons. The molecular weight excluding hydrogens is 592 g/mol. The molecule has 0 unspecified atom stereocenters. The Bertz CT molecular complexity index is 642. The second-order valence-electron chi connectivity index (χ2n) is 7.63. The monoisotopic (exact) mass is 625 g/mol. The SMILES string of the molecule is CSC(NCCC[N+](C)(C)C)=[N+](Cc1ccccc1)Cc1ccccc1.[I-].[I-]. The lowest BCUT2D eigenvalue weighted by molar-refractivity contribution is -0.870. The maximum absolute atomic E-state index is 3.68. The van der Waals surface area contributed by atoms with Crippen molar-refractivity contribution in [1.82, 2.24) is 5.32 Å². The first kappa shape index (κ1) is 27.7. The van der Waals surface area contributed by atoms with Crippen LogP contribution in [0.25, 0.3) is 0 Å². The Kier molecular flexibility index (Phi) is 14.5. The van der Waals surface area contributed by atoms with E-state index in [0.717, 1.165) is 30.5 Å². The molecule has 156 valence electrons. The van der Waals surface area contributed by atoms with Crippen LogP contribution >= 0.6 is 11.8 Å². The van der Waals surface area contributed by atoms with Crippen molar-refractivity contribution in [3.8, 4) is 0 Å². The van der Waals surface area contributed by atoms with Crippen LogP contribution in [-0.2, 0) is 13.1 Å². The van der Waals surface area contributed by atoms with E-state index in [4.69, 9.17) is 0 Å². The van der Waals surface area contributed by atoms with E-state index in [1.165, 1.54) is 22.8 Å². The van der Waals surface area contributed by atoms with Crippen LogP contribution in [0.2, 0.25) is 0 Å². The van der Waals surface area contributed by atoms with E-state index < -0.39 is 0 Å². The van der Waals surface area contributed by atoms with Crippen molar-refractivity contribution in [2.75, 3.05) is 40.5 Å². The van der Waals surface area contributed by atoms with Gasteiger partial charge in [0.15, 0.2) is 0 Å². The average molecular weight is 625 g/mol. The number of hydrogen-bond donors (Lipinski definition) is 1. The third-order valence-electron chi connectivity index (χ3n) is 4.20. The van der Waals surface area contributed by atoms with Crippen molar-refractivity contribution in [3.05, 3.63) is 71.8 Å². The van der Waals surface area contributed by atoms with Gasteiger partial charge in [0, 0.05) is 6.42 Å². The first-order valence-electron chi connectivity index (χ1n) is 9.26. The van der Waals surface area contributed by atoms with Crippen molar-refractivity contribution < 1.29 is 57.0 Å². The first-order valence-corrected chi connectivity index (χ1v) is 10.5. The predicted molar refractivity (Wildman–Crippen MR) is 115 cm³/mol. The Morgan fingerprint density at radius 3 is 1.71 bits per heavy atom. The highest BCUT2D eigenvalue weighted by Crippen LogP contribution is 2.09. The molecule has 0 fully saturated rings. The fourth-order valence-corrected chi connectivity index (χ4v) is 3.50. The lowest BCUT2D eigenvalue weighted by atomic mass is 10.2. The number of halogens is 2. The molecule has 0 aromatic heterocycles. The van der Waals surface area contributed by atoms with Gasteiger partial charge in [-0.25, -0.2) is 4.58 Å². The number of quaternary nitrogens is 1. The molecule has 2 aromatic rings. The summed E-state index contributed by atoms with van der Waals surface area (Å²) in [5.74, 6) is 0. The van der Waals surface area contributed by atoms with Crippen LogP contribution < -0.4 is 53.3 Å². The Balaban J connectivity index is 0.00000364. The number of rotatable bonds is 8. The highest BCUT2D eigenvalue weighted by molar-refractivity contribution is 8.13. The van der Waals surface area contributed by atoms with Crippen molar-refractivity contribution in [3.63, 3.8) is 0 Å². The largest absolute Gasteiger partial charge is 1.00 e. The highest BCUT2D eigenvalue weighted by Gasteiger charge is 2.15. The number of nitrogens with one attached hydrogen (secondary N) is 1. The number of benzene rings is 2. The zero-order chi connectivity index (χ0) is 18.8. The predicted octanol–water partition coefficient (Wildman–Crippen LogP) is -2.19. The van der Waals surface area contributed by atoms with Gasteiger partial charge in [0.25, 0.3) is 0 Å². The lowest BCUT2D eigenvalue weighted by Crippen LogP contribution is -3.00. The zero-order valence-corrected chi connectivity index (χ0v) is 22.5. The minimum Gasteiger partial charge on any atom is -1.00 e. The quantitative estimate of drug-likeness (QED) is 0.0897. The standard InChI is InChI=1S/C22H32N3S.2HI/c1-25(2,3)17-11-16-23-22(26-4)24(18-20-12-7-5-8-13-20)19-21-14-9-6-10-15-21;;/h5-10,12-15H,11,16-19H2,1-4H3;2*1H/q+1;;/p-1. The topological polar surface area (TPSA) is 15.0 Å². The summed E-state index contributed by atoms with van der Waals surface area (Å²) in [6, 6.07) is 21.4. The van der Waals surface area contributed by atoms with Crippen LogP contribution in [0.3, 0.4) is 0 Å². The summed E-state index contributed by atoms with van der Waals surface area (Å²) in [5, 5.41) is 4.93. The Morgan fingerprint density at radius 2 is 1.32 bits per heavy atom. The number of nitrogens with zero attached hydrogens (tertiary/aromatic N) is 2. The van der Waals surface area contributed by atoms with Gasteiger partial charge in [-0.3, -0.25) is 5.32 Å². The van der Waals surface area contributed by atoms with Gasteiger partial charge in [-0.1, -0.05) is 60.7 Å². The molecule has 0 heterocycles. The zero-order valence-electron chi connectivity index (χ0n) is 17.4. The molecule has 0 aliphatic carbocycles. The van der Waals surface area contributed by atoms with Crippen molar-refractivity contribution in [1.29, 1.82) is 0 Å². The molecule has 0 aliphatic rings. The number of thioether (sulfide) groups is 1. The summed E-state index contributed by atoms with van der Waals surface area (Å²) in [5.41, 5.74) is 2.67. The van der Waals surface area contributed by atoms with E-state index in [1.54, 1.807) is 11.8 Å². The molecule has 0 amide bonds. The fourth-order valence-electron chi connectivity index (χ4n) is 2.87. The van der Waals surface area contributed by atoms with Crippen LogP contribution in [0, 0.1) is 0 Å². The number of hydrogen-bond acceptors (Lipinski definition) is 1. The maximum Gasteiger partial charge on any atom is 0.306 e. The van der Waals surface area contributed by atoms with E-state index in [0.29, 0.717) is 0 Å². The molecule has 1 N–H and O–H groups in total. The van der Waals surface area contributed by atoms with Gasteiger partial charge in [-0.15, -0.1) is 0 Å². The van der Waals surface area contributed by atoms with Gasteiger partial charge >= 0.3 is 5.17 Å². The second-order valence-corrected chi connectivity index (χ2v) is 8.43. The van der Waals surface area contributed by atoms with Gasteiger partial charge in [0.2, 0.25) is 0 Å². The summed E-state index contributed by atoms with van der Waals surface area (Å²) in [4.78, 5) is 0. The van der Waals surface area contributed by atoms with E-state index in [-0.39, 0.29) is 48.0 Å². The third-order valence-corrected chi connectivity index (χ3v) is 4.98. The smallest absolute Gasteiger partial charge is 0.306 e. The molecule has 0 saturated carbocycles. The summed E-state index contributed by atoms with van der Waals surface area (Å²) >= 11 is 1.80. The molecular formula is C22H33I2N3S. The van der Waals surface area contributed by atoms with Crippen molar-refractivity contribution in [2.45, 2.75) is 19.5 Å². The normalized spacial score (nSPS) is 10.4. The van der Waals surface area contributed by atoms with Crippen LogP contribution in [0.5, 0.6) is 0 Å². The summed E-state index contributed by atoms with van der Waals surface area (Å²) in [6.45, 7) is 4.00. The Labute approximate surface area is 209 Å². The van der Waals surface area contributed by atoms with Gasteiger partial charge < -0.3 is 52.4 Å². The molecule has 0 saturated heterocycles. The molecule has 3 nitrogen and oxygen atoms in total. The van der Waals surface area contributed by atoms with E-state index in [9.17, 15) is 0 Å². The van der Waals surface area contributed by atoms with E-state index >= 15 is 0 Å². The van der Waals surface area contributed by atoms with E-state index in [2.05, 4.69) is 98.0 Å². The van der Waals surface area contributed by atoms with Gasteiger partial charge in [0.1, 0.15) is 13.1 Å². The maximum atomic E-state index is 3.68. The van der Waals surface area contributed by atoms with Crippen molar-refractivity contribution in [2.24, 2.45) is 0 Å². The van der Waals surface area contributed by atoms with Crippen molar-refractivity contribution >= 4 is 16.9 Å². The second kappa shape index (κ2) is 14.6. The molecule has 2 aromatic carbocycles. The summed E-state index contributed by atoms with van der Waals surface area (Å²) in [6.07, 6.45) is 3.32. The van der Waals surface area contributed by atoms with Crippen LogP contribution in [-0.4, -0.2) is 54.7 Å². The average Bonchev–Trinajstić information content (AvgIpc) is 2.62. The Morgan fingerprint density at radius 1 is 0.857 bits per heavy atom.